The summed E-state index contributed by atoms with van der Waals surface area (Å²) in [6.07, 6.45) is 11.1. The number of carbonyl (C=O) groups is 1. The number of benzene rings is 1. The Morgan fingerprint density at radius 3 is 2.40 bits per heavy atom. The molecule has 1 unspecified atom stereocenters. The summed E-state index contributed by atoms with van der Waals surface area (Å²) in [5, 5.41) is 1.10. The van der Waals surface area contributed by atoms with E-state index in [0.717, 1.165) is 28.0 Å². The molecule has 0 aliphatic rings. The zero-order valence-corrected chi connectivity index (χ0v) is 16.0. The van der Waals surface area contributed by atoms with Gasteiger partial charge in [-0.2, -0.15) is 0 Å². The second kappa shape index (κ2) is 8.55. The molecule has 0 amide bonds. The van der Waals surface area contributed by atoms with Crippen molar-refractivity contribution in [1.29, 1.82) is 0 Å². The second-order valence-electron chi connectivity index (χ2n) is 5.55. The Labute approximate surface area is 151 Å². The molecule has 2 rings (SSSR count). The van der Waals surface area contributed by atoms with E-state index in [1.807, 2.05) is 67.0 Å². The first-order chi connectivity index (χ1) is 12.0. The summed E-state index contributed by atoms with van der Waals surface area (Å²) >= 11 is 0. The van der Waals surface area contributed by atoms with Crippen LogP contribution < -0.4 is 5.30 Å². The molecule has 1 aromatic carbocycles. The normalized spacial score (nSPS) is 12.2. The van der Waals surface area contributed by atoms with Gasteiger partial charge in [0, 0.05) is 11.3 Å². The fourth-order valence-corrected chi connectivity index (χ4v) is 2.78. The van der Waals surface area contributed by atoms with E-state index in [2.05, 4.69) is 15.8 Å². The molecule has 0 aliphatic carbocycles. The number of hydrogen-bond acceptors (Lipinski definition) is 2. The maximum Gasteiger partial charge on any atom is 0.153 e. The van der Waals surface area contributed by atoms with E-state index in [9.17, 15) is 4.79 Å². The maximum absolute atomic E-state index is 11.7. The van der Waals surface area contributed by atoms with Gasteiger partial charge in [0.05, 0.1) is 11.4 Å². The van der Waals surface area contributed by atoms with Crippen LogP contribution in [0.3, 0.4) is 0 Å². The van der Waals surface area contributed by atoms with Crippen LogP contribution in [0.4, 0.5) is 0 Å². The summed E-state index contributed by atoms with van der Waals surface area (Å²) < 4.78 is 2.03. The van der Waals surface area contributed by atoms with Crippen LogP contribution in [0.2, 0.25) is 0 Å². The fourth-order valence-electron chi connectivity index (χ4n) is 2.59. The van der Waals surface area contributed by atoms with Crippen molar-refractivity contribution < 1.29 is 4.79 Å². The van der Waals surface area contributed by atoms with Gasteiger partial charge in [-0.05, 0) is 56.4 Å². The molecule has 2 aromatic rings. The van der Waals surface area contributed by atoms with Crippen molar-refractivity contribution in [2.24, 2.45) is 0 Å². The molecular formula is C21H23N2OP. The summed E-state index contributed by atoms with van der Waals surface area (Å²) in [7, 11) is 2.68. The van der Waals surface area contributed by atoms with Crippen LogP contribution in [-0.2, 0) is 4.79 Å². The third kappa shape index (κ3) is 4.32. The molecular weight excluding hydrogens is 327 g/mol. The van der Waals surface area contributed by atoms with Gasteiger partial charge in [0.2, 0.25) is 0 Å². The minimum atomic E-state index is -0.0179. The van der Waals surface area contributed by atoms with Gasteiger partial charge in [-0.15, -0.1) is 9.24 Å². The van der Waals surface area contributed by atoms with Crippen molar-refractivity contribution >= 4 is 38.1 Å². The highest BCUT2D eigenvalue weighted by molar-refractivity contribution is 7.27. The van der Waals surface area contributed by atoms with E-state index in [-0.39, 0.29) is 5.78 Å². The predicted octanol–water partition coefficient (Wildman–Crippen LogP) is 4.60. The molecule has 0 fully saturated rings. The molecule has 0 radical (unpaired) electrons. The Morgan fingerprint density at radius 1 is 1.20 bits per heavy atom. The largest absolute Gasteiger partial charge is 0.295 e. The van der Waals surface area contributed by atoms with Crippen molar-refractivity contribution in [2.45, 2.75) is 20.8 Å². The zero-order chi connectivity index (χ0) is 18.4. The van der Waals surface area contributed by atoms with Crippen molar-refractivity contribution in [1.82, 2.24) is 9.55 Å². The summed E-state index contributed by atoms with van der Waals surface area (Å²) in [4.78, 5) is 16.5. The van der Waals surface area contributed by atoms with Crippen LogP contribution in [0.25, 0.3) is 23.4 Å². The molecule has 1 atom stereocenters. The molecule has 0 spiro atoms. The van der Waals surface area contributed by atoms with Crippen molar-refractivity contribution in [3.63, 3.8) is 0 Å². The Kier molecular flexibility index (Phi) is 6.44. The lowest BCUT2D eigenvalue weighted by Gasteiger charge is -2.11. The van der Waals surface area contributed by atoms with Gasteiger partial charge in [-0.3, -0.25) is 9.36 Å². The fraction of sp³-hybridized carbons (Fsp3) is 0.143. The topological polar surface area (TPSA) is 34.9 Å². The number of allylic oxidation sites excluding steroid dienone is 5. The van der Waals surface area contributed by atoms with Crippen LogP contribution in [-0.4, -0.2) is 15.3 Å². The van der Waals surface area contributed by atoms with Gasteiger partial charge in [0.15, 0.2) is 5.78 Å². The first kappa shape index (κ1) is 18.8. The summed E-state index contributed by atoms with van der Waals surface area (Å²) in [5.41, 5.74) is 3.45. The molecule has 0 saturated heterocycles. The third-order valence-corrected chi connectivity index (χ3v) is 3.96. The molecule has 1 aromatic heterocycles. The molecule has 1 heterocycles. The lowest BCUT2D eigenvalue weighted by atomic mass is 10.1. The molecule has 4 heteroatoms. The van der Waals surface area contributed by atoms with Gasteiger partial charge in [0.1, 0.15) is 5.82 Å². The quantitative estimate of drug-likeness (QED) is 0.434. The Bertz CT molecular complexity index is 868. The molecule has 128 valence electrons. The molecule has 0 bridgehead atoms. The third-order valence-electron chi connectivity index (χ3n) is 3.57. The second-order valence-corrected chi connectivity index (χ2v) is 6.21. The average molecular weight is 350 g/mol. The molecule has 3 nitrogen and oxygen atoms in total. The predicted molar refractivity (Wildman–Crippen MR) is 111 cm³/mol. The standard InChI is InChI=1S/C21H23N2OP/c1-5-8-16(14-15(4)24)21-22-19(9-6-2)20(7-3)23(21)17-10-12-18(25)13-11-17/h5-14H,3,25H2,1-2,4H3/b8-5?,9-6-,16-14+. The van der Waals surface area contributed by atoms with E-state index >= 15 is 0 Å². The van der Waals surface area contributed by atoms with E-state index in [1.165, 1.54) is 0 Å². The SMILES string of the molecule is C=Cc1c(/C=C\C)nc(/C(C=CC)=C/C(C)=O)n1-c1ccc(P)cc1. The van der Waals surface area contributed by atoms with Crippen LogP contribution in [0.1, 0.15) is 38.0 Å². The monoisotopic (exact) mass is 350 g/mol. The van der Waals surface area contributed by atoms with Gasteiger partial charge < -0.3 is 0 Å². The zero-order valence-electron chi connectivity index (χ0n) is 14.9. The molecule has 0 aliphatic heterocycles. The number of carbonyl (C=O) groups excluding carboxylic acids is 1. The molecule has 0 saturated carbocycles. The summed E-state index contributed by atoms with van der Waals surface area (Å²) in [6, 6.07) is 8.11. The number of aromatic nitrogens is 2. The van der Waals surface area contributed by atoms with Gasteiger partial charge in [-0.25, -0.2) is 4.98 Å². The van der Waals surface area contributed by atoms with Crippen molar-refractivity contribution in [3.05, 3.63) is 72.4 Å². The van der Waals surface area contributed by atoms with Gasteiger partial charge in [0.25, 0.3) is 0 Å². The van der Waals surface area contributed by atoms with Gasteiger partial charge in [-0.1, -0.05) is 36.9 Å². The highest BCUT2D eigenvalue weighted by atomic mass is 31.0. The Balaban J connectivity index is 2.84. The number of hydrogen-bond donors (Lipinski definition) is 0. The smallest absolute Gasteiger partial charge is 0.153 e. The first-order valence-electron chi connectivity index (χ1n) is 8.11. The van der Waals surface area contributed by atoms with Crippen molar-refractivity contribution in [2.75, 3.05) is 0 Å². The first-order valence-corrected chi connectivity index (χ1v) is 8.68. The lowest BCUT2D eigenvalue weighted by molar-refractivity contribution is -0.112. The Morgan fingerprint density at radius 2 is 1.88 bits per heavy atom. The minimum Gasteiger partial charge on any atom is -0.295 e. The van der Waals surface area contributed by atoms with Crippen LogP contribution >= 0.6 is 9.24 Å². The molecule has 25 heavy (non-hydrogen) atoms. The van der Waals surface area contributed by atoms with E-state index < -0.39 is 0 Å². The average Bonchev–Trinajstić information content (AvgIpc) is 2.93. The highest BCUT2D eigenvalue weighted by Gasteiger charge is 2.17. The maximum atomic E-state index is 11.7. The molecule has 0 N–H and O–H groups in total. The number of nitrogens with zero attached hydrogens (tertiary/aromatic N) is 2. The number of ketones is 1. The van der Waals surface area contributed by atoms with E-state index in [4.69, 9.17) is 4.98 Å². The van der Waals surface area contributed by atoms with Crippen LogP contribution in [0.15, 0.2) is 55.1 Å². The minimum absolute atomic E-state index is 0.0179. The summed E-state index contributed by atoms with van der Waals surface area (Å²) in [5.74, 6) is 0.698. The van der Waals surface area contributed by atoms with Crippen molar-refractivity contribution in [3.8, 4) is 5.69 Å². The van der Waals surface area contributed by atoms with Crippen LogP contribution in [0, 0.1) is 0 Å². The summed E-state index contributed by atoms with van der Waals surface area (Å²) in [6.45, 7) is 9.37. The Hall–Kier alpha value is -2.51. The van der Waals surface area contributed by atoms with Crippen LogP contribution in [0.5, 0.6) is 0 Å². The highest BCUT2D eigenvalue weighted by Crippen LogP contribution is 2.26. The number of rotatable bonds is 6. The van der Waals surface area contributed by atoms with Gasteiger partial charge >= 0.3 is 0 Å². The van der Waals surface area contributed by atoms with E-state index in [1.54, 1.807) is 19.1 Å². The lowest BCUT2D eigenvalue weighted by Crippen LogP contribution is -2.04. The number of imidazole rings is 1. The van der Waals surface area contributed by atoms with E-state index in [0.29, 0.717) is 5.82 Å².